The van der Waals surface area contributed by atoms with Gasteiger partial charge in [-0.25, -0.2) is 13.2 Å². The minimum Gasteiger partial charge on any atom is -0.467 e. The molecule has 2 fully saturated rings. The maximum absolute atomic E-state index is 13.3. The maximum Gasteiger partial charge on any atom is 0.328 e. The van der Waals surface area contributed by atoms with Gasteiger partial charge in [-0.15, -0.1) is 0 Å². The number of carbonyl (C=O) groups excluding carboxylic acids is 3. The normalized spacial score (nSPS) is 19.6. The molecule has 40 heavy (non-hydrogen) atoms. The number of ether oxygens (including phenoxy) is 1. The Morgan fingerprint density at radius 2 is 1.68 bits per heavy atom. The van der Waals surface area contributed by atoms with Gasteiger partial charge in [-0.1, -0.05) is 37.0 Å². The first-order valence-corrected chi connectivity index (χ1v) is 16.1. The standard InChI is InChI=1S/C27H40Cl2N4O6S/c1-4-31(5-2)18-19-10-13-32(14-11-19)25(34)9-8-23(27(36)39-3)30-26(35)24-7-6-12-33(24)40(37,38)22-16-20(28)15-21(29)17-22/h15-17,19,23-24H,4-14,18H2,1-3H3,(H,30,35)/t23-,24-/m0/s1. The summed E-state index contributed by atoms with van der Waals surface area (Å²) in [7, 11) is -2.86. The monoisotopic (exact) mass is 618 g/mol. The van der Waals surface area contributed by atoms with Gasteiger partial charge in [-0.2, -0.15) is 4.31 Å². The fourth-order valence-electron chi connectivity index (χ4n) is 5.40. The van der Waals surface area contributed by atoms with Crippen molar-refractivity contribution >= 4 is 51.0 Å². The fourth-order valence-corrected chi connectivity index (χ4v) is 7.78. The molecule has 0 spiro atoms. The SMILES string of the molecule is CCN(CC)CC1CCN(C(=O)CC[C@H](NC(=O)[C@@H]2CCCN2S(=O)(=O)c2cc(Cl)cc(Cl)c2)C(=O)OC)CC1. The number of rotatable bonds is 12. The third-order valence-corrected chi connectivity index (χ3v) is 10.1. The summed E-state index contributed by atoms with van der Waals surface area (Å²) in [4.78, 5) is 42.8. The summed E-state index contributed by atoms with van der Waals surface area (Å²) in [6, 6.07) is 1.90. The summed E-state index contributed by atoms with van der Waals surface area (Å²) in [5.74, 6) is -0.825. The van der Waals surface area contributed by atoms with E-state index in [1.165, 1.54) is 25.3 Å². The van der Waals surface area contributed by atoms with Crippen LogP contribution < -0.4 is 5.32 Å². The van der Waals surface area contributed by atoms with Crippen LogP contribution in [-0.4, -0.2) is 98.8 Å². The second-order valence-electron chi connectivity index (χ2n) is 10.3. The minimum absolute atomic E-state index is 0.0555. The molecule has 1 aromatic carbocycles. The Labute approximate surface area is 247 Å². The molecule has 2 heterocycles. The van der Waals surface area contributed by atoms with Gasteiger partial charge in [0.05, 0.1) is 12.0 Å². The van der Waals surface area contributed by atoms with Crippen LogP contribution in [0.4, 0.5) is 0 Å². The summed E-state index contributed by atoms with van der Waals surface area (Å²) in [5, 5.41) is 2.96. The molecule has 0 saturated carbocycles. The molecule has 2 amide bonds. The zero-order valence-electron chi connectivity index (χ0n) is 23.4. The van der Waals surface area contributed by atoms with Crippen LogP contribution in [0.3, 0.4) is 0 Å². The van der Waals surface area contributed by atoms with Crippen LogP contribution in [0.5, 0.6) is 0 Å². The molecule has 0 unspecified atom stereocenters. The molecule has 0 aliphatic carbocycles. The van der Waals surface area contributed by atoms with Gasteiger partial charge in [0.25, 0.3) is 0 Å². The van der Waals surface area contributed by atoms with Crippen LogP contribution in [0.1, 0.15) is 52.4 Å². The quantitative estimate of drug-likeness (QED) is 0.358. The molecule has 13 heteroatoms. The lowest BCUT2D eigenvalue weighted by Gasteiger charge is -2.34. The maximum atomic E-state index is 13.3. The lowest BCUT2D eigenvalue weighted by molar-refractivity contribution is -0.146. The zero-order valence-corrected chi connectivity index (χ0v) is 25.7. The highest BCUT2D eigenvalue weighted by atomic mass is 35.5. The number of sulfonamides is 1. The number of halogens is 2. The molecule has 2 aliphatic rings. The van der Waals surface area contributed by atoms with Crippen molar-refractivity contribution in [3.63, 3.8) is 0 Å². The van der Waals surface area contributed by atoms with E-state index in [1.54, 1.807) is 0 Å². The Kier molecular flexibility index (Phi) is 12.1. The van der Waals surface area contributed by atoms with Gasteiger partial charge >= 0.3 is 5.97 Å². The van der Waals surface area contributed by atoms with Crippen LogP contribution in [0.25, 0.3) is 0 Å². The van der Waals surface area contributed by atoms with Crippen LogP contribution in [0, 0.1) is 5.92 Å². The van der Waals surface area contributed by atoms with Gasteiger partial charge in [0, 0.05) is 42.6 Å². The van der Waals surface area contributed by atoms with Gasteiger partial charge in [-0.05, 0) is 69.3 Å². The average Bonchev–Trinajstić information content (AvgIpc) is 3.44. The minimum atomic E-state index is -4.07. The van der Waals surface area contributed by atoms with E-state index in [1.807, 2.05) is 4.90 Å². The van der Waals surface area contributed by atoms with E-state index < -0.39 is 34.0 Å². The summed E-state index contributed by atoms with van der Waals surface area (Å²) in [5.41, 5.74) is 0. The van der Waals surface area contributed by atoms with Gasteiger partial charge in [-0.3, -0.25) is 9.59 Å². The molecule has 2 atom stereocenters. The van der Waals surface area contributed by atoms with Gasteiger partial charge in [0.1, 0.15) is 12.1 Å². The van der Waals surface area contributed by atoms with E-state index in [0.717, 1.165) is 36.8 Å². The van der Waals surface area contributed by atoms with E-state index >= 15 is 0 Å². The average molecular weight is 620 g/mol. The predicted octanol–water partition coefficient (Wildman–Crippen LogP) is 3.16. The number of hydrogen-bond acceptors (Lipinski definition) is 7. The molecule has 0 aromatic heterocycles. The molecule has 2 saturated heterocycles. The summed E-state index contributed by atoms with van der Waals surface area (Å²) >= 11 is 12.0. The number of amides is 2. The number of likely N-dealkylation sites (tertiary alicyclic amines) is 1. The largest absolute Gasteiger partial charge is 0.467 e. The second-order valence-corrected chi connectivity index (χ2v) is 13.1. The Hall–Kier alpha value is -1.92. The first-order valence-electron chi connectivity index (χ1n) is 13.9. The van der Waals surface area contributed by atoms with Crippen molar-refractivity contribution in [3.05, 3.63) is 28.2 Å². The van der Waals surface area contributed by atoms with Crippen molar-refractivity contribution in [1.29, 1.82) is 0 Å². The number of nitrogens with zero attached hydrogens (tertiary/aromatic N) is 3. The number of benzene rings is 1. The molecule has 0 bridgehead atoms. The van der Waals surface area contributed by atoms with Gasteiger partial charge in [0.2, 0.25) is 21.8 Å². The Bertz CT molecular complexity index is 1140. The Balaban J connectivity index is 1.60. The van der Waals surface area contributed by atoms with Gasteiger partial charge < -0.3 is 19.9 Å². The first kappa shape index (κ1) is 32.6. The van der Waals surface area contributed by atoms with Crippen LogP contribution >= 0.6 is 23.2 Å². The van der Waals surface area contributed by atoms with E-state index in [4.69, 9.17) is 27.9 Å². The fraction of sp³-hybridized carbons (Fsp3) is 0.667. The molecule has 2 aliphatic heterocycles. The Morgan fingerprint density at radius 1 is 1.05 bits per heavy atom. The van der Waals surface area contributed by atoms with E-state index in [9.17, 15) is 22.8 Å². The lowest BCUT2D eigenvalue weighted by Crippen LogP contribution is -2.51. The smallest absolute Gasteiger partial charge is 0.328 e. The molecule has 1 N–H and O–H groups in total. The molecule has 0 radical (unpaired) electrons. The van der Waals surface area contributed by atoms with E-state index in [0.29, 0.717) is 25.4 Å². The lowest BCUT2D eigenvalue weighted by atomic mass is 9.95. The number of piperidine rings is 1. The molecular weight excluding hydrogens is 579 g/mol. The second kappa shape index (κ2) is 14.8. The van der Waals surface area contributed by atoms with Gasteiger partial charge in [0.15, 0.2) is 0 Å². The van der Waals surface area contributed by atoms with Crippen molar-refractivity contribution in [2.24, 2.45) is 5.92 Å². The van der Waals surface area contributed by atoms with Crippen molar-refractivity contribution < 1.29 is 27.5 Å². The van der Waals surface area contributed by atoms with Crippen molar-refractivity contribution in [1.82, 2.24) is 19.4 Å². The third-order valence-electron chi connectivity index (χ3n) is 7.78. The first-order chi connectivity index (χ1) is 19.0. The molecule has 224 valence electrons. The molecule has 3 rings (SSSR count). The molecule has 1 aromatic rings. The van der Waals surface area contributed by atoms with E-state index in [-0.39, 0.29) is 46.7 Å². The number of esters is 1. The highest BCUT2D eigenvalue weighted by Crippen LogP contribution is 2.30. The van der Waals surface area contributed by atoms with Crippen molar-refractivity contribution in [3.8, 4) is 0 Å². The molecular formula is C27H40Cl2N4O6S. The number of hydrogen-bond donors (Lipinski definition) is 1. The predicted molar refractivity (Wildman–Crippen MR) is 154 cm³/mol. The number of carbonyl (C=O) groups is 3. The molecule has 10 nitrogen and oxygen atoms in total. The third kappa shape index (κ3) is 8.31. The Morgan fingerprint density at radius 3 is 2.25 bits per heavy atom. The highest BCUT2D eigenvalue weighted by Gasteiger charge is 2.41. The van der Waals surface area contributed by atoms with Crippen LogP contribution in [0.15, 0.2) is 23.1 Å². The summed E-state index contributed by atoms with van der Waals surface area (Å²) in [6.45, 7) is 8.82. The number of methoxy groups -OCH3 is 1. The topological polar surface area (TPSA) is 116 Å². The van der Waals surface area contributed by atoms with Crippen molar-refractivity contribution in [2.75, 3.05) is 46.4 Å². The number of nitrogens with one attached hydrogen (secondary N) is 1. The highest BCUT2D eigenvalue weighted by molar-refractivity contribution is 7.89. The summed E-state index contributed by atoms with van der Waals surface area (Å²) < 4.78 is 32.6. The van der Waals surface area contributed by atoms with Crippen LogP contribution in [0.2, 0.25) is 10.0 Å². The summed E-state index contributed by atoms with van der Waals surface area (Å²) in [6.07, 6.45) is 2.74. The zero-order chi connectivity index (χ0) is 29.4. The van der Waals surface area contributed by atoms with Crippen molar-refractivity contribution in [2.45, 2.75) is 69.4 Å². The van der Waals surface area contributed by atoms with E-state index in [2.05, 4.69) is 24.1 Å². The van der Waals surface area contributed by atoms with Crippen LogP contribution in [-0.2, 0) is 29.1 Å².